The van der Waals surface area contributed by atoms with Gasteiger partial charge >= 0.3 is 12.1 Å². The monoisotopic (exact) mass is 476 g/mol. The number of halogens is 1. The number of hydrogen-bond donors (Lipinski definition) is 2. The number of rotatable bonds is 9. The van der Waals surface area contributed by atoms with Gasteiger partial charge in [-0.3, -0.25) is 9.59 Å². The molecule has 0 heterocycles. The molecule has 0 spiro atoms. The Morgan fingerprint density at radius 2 is 1.55 bits per heavy atom. The second-order valence-corrected chi connectivity index (χ2v) is 8.77. The molecule has 0 aliphatic carbocycles. The van der Waals surface area contributed by atoms with Gasteiger partial charge in [0.05, 0.1) is 6.04 Å². The number of benzene rings is 2. The Kier molecular flexibility index (Phi) is 9.54. The number of nitrogens with one attached hydrogen (secondary N) is 2. The lowest BCUT2D eigenvalue weighted by molar-refractivity contribution is -0.146. The lowest BCUT2D eigenvalue weighted by atomic mass is 10.1. The average molecular weight is 477 g/mol. The summed E-state index contributed by atoms with van der Waals surface area (Å²) >= 11 is 5.89. The van der Waals surface area contributed by atoms with Crippen LogP contribution >= 0.6 is 11.6 Å². The predicted octanol–water partition coefficient (Wildman–Crippen LogP) is 4.25. The molecular weight excluding hydrogens is 448 g/mol. The molecule has 0 fully saturated rings. The molecule has 2 amide bonds. The third-order valence-corrected chi connectivity index (χ3v) is 4.38. The van der Waals surface area contributed by atoms with Gasteiger partial charge in [-0.2, -0.15) is 0 Å². The molecule has 9 heteroatoms. The van der Waals surface area contributed by atoms with Crippen molar-refractivity contribution in [2.45, 2.75) is 45.8 Å². The van der Waals surface area contributed by atoms with Gasteiger partial charge in [0, 0.05) is 18.5 Å². The highest BCUT2D eigenvalue weighted by molar-refractivity contribution is 6.30. The topological polar surface area (TPSA) is 103 Å². The molecule has 0 radical (unpaired) electrons. The summed E-state index contributed by atoms with van der Waals surface area (Å²) in [5, 5.41) is 6.05. The first-order valence-corrected chi connectivity index (χ1v) is 10.8. The Bertz CT molecular complexity index is 939. The van der Waals surface area contributed by atoms with Crippen molar-refractivity contribution in [1.82, 2.24) is 10.6 Å². The van der Waals surface area contributed by atoms with Gasteiger partial charge < -0.3 is 24.8 Å². The number of ether oxygens (including phenoxy) is 3. The lowest BCUT2D eigenvalue weighted by Crippen LogP contribution is -2.47. The quantitative estimate of drug-likeness (QED) is 0.524. The maximum absolute atomic E-state index is 12.3. The molecule has 2 aromatic carbocycles. The van der Waals surface area contributed by atoms with E-state index in [1.807, 2.05) is 24.3 Å². The van der Waals surface area contributed by atoms with E-state index in [1.165, 1.54) is 6.92 Å². The molecule has 0 saturated heterocycles. The maximum Gasteiger partial charge on any atom is 0.407 e. The van der Waals surface area contributed by atoms with E-state index in [0.717, 1.165) is 5.56 Å². The molecule has 8 nitrogen and oxygen atoms in total. The van der Waals surface area contributed by atoms with Crippen molar-refractivity contribution < 1.29 is 28.6 Å². The first-order chi connectivity index (χ1) is 15.5. The zero-order valence-corrected chi connectivity index (χ0v) is 19.9. The molecule has 0 aliphatic rings. The third kappa shape index (κ3) is 10.7. The van der Waals surface area contributed by atoms with Gasteiger partial charge in [-0.15, -0.1) is 0 Å². The fourth-order valence-corrected chi connectivity index (χ4v) is 2.85. The van der Waals surface area contributed by atoms with Crippen LogP contribution in [0.5, 0.6) is 11.5 Å². The Morgan fingerprint density at radius 1 is 0.970 bits per heavy atom. The van der Waals surface area contributed by atoms with Gasteiger partial charge in [-0.25, -0.2) is 4.79 Å². The van der Waals surface area contributed by atoms with Crippen LogP contribution in [0.2, 0.25) is 5.02 Å². The molecule has 0 unspecified atom stereocenters. The average Bonchev–Trinajstić information content (AvgIpc) is 2.72. The lowest BCUT2D eigenvalue weighted by Gasteiger charge is -2.24. The molecule has 0 saturated carbocycles. The van der Waals surface area contributed by atoms with Crippen LogP contribution in [0.25, 0.3) is 0 Å². The van der Waals surface area contributed by atoms with E-state index in [9.17, 15) is 14.4 Å². The van der Waals surface area contributed by atoms with Crippen LogP contribution in [0.15, 0.2) is 48.5 Å². The second kappa shape index (κ2) is 12.1. The number of carbonyl (C=O) groups excluding carboxylic acids is 3. The van der Waals surface area contributed by atoms with Crippen LogP contribution < -0.4 is 15.4 Å². The third-order valence-electron chi connectivity index (χ3n) is 4.13. The molecule has 0 aromatic heterocycles. The molecule has 0 bridgehead atoms. The molecule has 0 aliphatic heterocycles. The Morgan fingerprint density at radius 3 is 2.09 bits per heavy atom. The largest absolute Gasteiger partial charge is 0.457 e. The summed E-state index contributed by atoms with van der Waals surface area (Å²) in [5.74, 6) is 0.293. The van der Waals surface area contributed by atoms with Crippen molar-refractivity contribution in [2.24, 2.45) is 0 Å². The second-order valence-electron chi connectivity index (χ2n) is 8.33. The van der Waals surface area contributed by atoms with E-state index in [0.29, 0.717) is 22.9 Å². The number of hydrogen-bond acceptors (Lipinski definition) is 6. The summed E-state index contributed by atoms with van der Waals surface area (Å²) in [6, 6.07) is 13.9. The molecular formula is C24H29ClN2O6. The minimum atomic E-state index is -0.659. The van der Waals surface area contributed by atoms with Crippen molar-refractivity contribution in [3.63, 3.8) is 0 Å². The van der Waals surface area contributed by atoms with Crippen molar-refractivity contribution in [1.29, 1.82) is 0 Å². The van der Waals surface area contributed by atoms with E-state index in [-0.39, 0.29) is 13.2 Å². The van der Waals surface area contributed by atoms with E-state index < -0.39 is 29.6 Å². The molecule has 2 aromatic rings. The number of carbonyl (C=O) groups is 3. The molecule has 1 atom stereocenters. The molecule has 178 valence electrons. The standard InChI is InChI=1S/C24H29ClN2O6/c1-16(28)31-15-22(29)26-14-19(27-23(30)33-24(2,3)4)13-17-5-9-20(10-6-17)32-21-11-7-18(25)8-12-21/h5-12,19H,13-15H2,1-4H3,(H,26,29)(H,27,30)/t19-/m0/s1. The van der Waals surface area contributed by atoms with Gasteiger partial charge in [0.25, 0.3) is 5.91 Å². The Labute approximate surface area is 198 Å². The van der Waals surface area contributed by atoms with E-state index >= 15 is 0 Å². The van der Waals surface area contributed by atoms with E-state index in [2.05, 4.69) is 15.4 Å². The highest BCUT2D eigenvalue weighted by Gasteiger charge is 2.20. The fraction of sp³-hybridized carbons (Fsp3) is 0.375. The number of esters is 1. The predicted molar refractivity (Wildman–Crippen MR) is 124 cm³/mol. The van der Waals surface area contributed by atoms with E-state index in [1.54, 1.807) is 45.0 Å². The SMILES string of the molecule is CC(=O)OCC(=O)NC[C@H](Cc1ccc(Oc2ccc(Cl)cc2)cc1)NC(=O)OC(C)(C)C. The molecule has 2 rings (SSSR count). The van der Waals surface area contributed by atoms with Gasteiger partial charge in [0.1, 0.15) is 17.1 Å². The van der Waals surface area contributed by atoms with Crippen molar-refractivity contribution in [2.75, 3.05) is 13.2 Å². The van der Waals surface area contributed by atoms with Crippen LogP contribution in [0.4, 0.5) is 4.79 Å². The smallest absolute Gasteiger partial charge is 0.407 e. The fourth-order valence-electron chi connectivity index (χ4n) is 2.72. The number of amides is 2. The summed E-state index contributed by atoms with van der Waals surface area (Å²) < 4.78 is 15.8. The van der Waals surface area contributed by atoms with Crippen molar-refractivity contribution in [3.05, 3.63) is 59.1 Å². The van der Waals surface area contributed by atoms with Gasteiger partial charge in [-0.05, 0) is 69.2 Å². The van der Waals surface area contributed by atoms with Crippen LogP contribution in [0.3, 0.4) is 0 Å². The molecule has 2 N–H and O–H groups in total. The Balaban J connectivity index is 2.00. The minimum Gasteiger partial charge on any atom is -0.457 e. The normalized spacial score (nSPS) is 11.8. The van der Waals surface area contributed by atoms with Crippen molar-refractivity contribution in [3.8, 4) is 11.5 Å². The minimum absolute atomic E-state index is 0.127. The first kappa shape index (κ1) is 26.0. The number of alkyl carbamates (subject to hydrolysis) is 1. The highest BCUT2D eigenvalue weighted by atomic mass is 35.5. The first-order valence-electron chi connectivity index (χ1n) is 10.4. The summed E-state index contributed by atoms with van der Waals surface area (Å²) in [7, 11) is 0. The highest BCUT2D eigenvalue weighted by Crippen LogP contribution is 2.23. The van der Waals surface area contributed by atoms with Crippen LogP contribution in [0.1, 0.15) is 33.3 Å². The summed E-state index contributed by atoms with van der Waals surface area (Å²) in [4.78, 5) is 35.0. The van der Waals surface area contributed by atoms with Crippen LogP contribution in [-0.2, 0) is 25.5 Å². The zero-order chi connectivity index (χ0) is 24.4. The Hall–Kier alpha value is -3.26. The van der Waals surface area contributed by atoms with Crippen molar-refractivity contribution >= 4 is 29.6 Å². The molecule has 33 heavy (non-hydrogen) atoms. The van der Waals surface area contributed by atoms with Crippen LogP contribution in [0, 0.1) is 0 Å². The summed E-state index contributed by atoms with van der Waals surface area (Å²) in [6.45, 7) is 6.26. The van der Waals surface area contributed by atoms with Gasteiger partial charge in [-0.1, -0.05) is 23.7 Å². The summed E-state index contributed by atoms with van der Waals surface area (Å²) in [6.07, 6.45) is -0.168. The zero-order valence-electron chi connectivity index (χ0n) is 19.1. The van der Waals surface area contributed by atoms with Crippen LogP contribution in [-0.4, -0.2) is 42.8 Å². The van der Waals surface area contributed by atoms with Gasteiger partial charge in [0.2, 0.25) is 0 Å². The van der Waals surface area contributed by atoms with E-state index in [4.69, 9.17) is 21.1 Å². The summed E-state index contributed by atoms with van der Waals surface area (Å²) in [5.41, 5.74) is 0.252. The van der Waals surface area contributed by atoms with Gasteiger partial charge in [0.15, 0.2) is 6.61 Å². The maximum atomic E-state index is 12.3.